The van der Waals surface area contributed by atoms with Gasteiger partial charge in [-0.05, 0) is 42.8 Å². The third kappa shape index (κ3) is 4.91. The number of hydrogen-bond acceptors (Lipinski definition) is 1. The zero-order chi connectivity index (χ0) is 14.0. The molecule has 0 heterocycles. The molecule has 2 rings (SSSR count). The van der Waals surface area contributed by atoms with Crippen molar-refractivity contribution in [3.8, 4) is 11.8 Å². The number of benzene rings is 2. The largest absolute Gasteiger partial charge is 0.313 e. The topological polar surface area (TPSA) is 12.0 Å². The highest BCUT2D eigenvalue weighted by atomic mass is 14.8. The van der Waals surface area contributed by atoms with Crippen LogP contribution in [-0.2, 0) is 6.54 Å². The van der Waals surface area contributed by atoms with E-state index in [1.807, 2.05) is 30.3 Å². The van der Waals surface area contributed by atoms with Gasteiger partial charge in [-0.3, -0.25) is 0 Å². The Morgan fingerprint density at radius 1 is 0.850 bits per heavy atom. The number of rotatable bonds is 5. The van der Waals surface area contributed by atoms with Gasteiger partial charge in [0.05, 0.1) is 0 Å². The van der Waals surface area contributed by atoms with Crippen LogP contribution in [0.25, 0.3) is 0 Å². The first-order chi connectivity index (χ1) is 9.88. The van der Waals surface area contributed by atoms with Crippen molar-refractivity contribution in [2.24, 2.45) is 0 Å². The molecule has 1 heteroatoms. The minimum absolute atomic E-state index is 0.937. The maximum Gasteiger partial charge on any atom is 0.0249 e. The van der Waals surface area contributed by atoms with Crippen LogP contribution in [0.4, 0.5) is 0 Å². The predicted octanol–water partition coefficient (Wildman–Crippen LogP) is 3.98. The molecule has 0 radical (unpaired) electrons. The van der Waals surface area contributed by atoms with Crippen LogP contribution in [0.3, 0.4) is 0 Å². The van der Waals surface area contributed by atoms with Crippen LogP contribution in [0.5, 0.6) is 0 Å². The van der Waals surface area contributed by atoms with Crippen molar-refractivity contribution in [1.29, 1.82) is 0 Å². The highest BCUT2D eigenvalue weighted by Crippen LogP contribution is 2.04. The van der Waals surface area contributed by atoms with Gasteiger partial charge in [0.25, 0.3) is 0 Å². The monoisotopic (exact) mass is 263 g/mol. The fraction of sp³-hybridized carbons (Fsp3) is 0.263. The summed E-state index contributed by atoms with van der Waals surface area (Å²) in [7, 11) is 0. The van der Waals surface area contributed by atoms with Crippen molar-refractivity contribution in [3.05, 3.63) is 71.3 Å². The van der Waals surface area contributed by atoms with Gasteiger partial charge < -0.3 is 5.32 Å². The van der Waals surface area contributed by atoms with E-state index in [4.69, 9.17) is 0 Å². The third-order valence-electron chi connectivity index (χ3n) is 3.12. The van der Waals surface area contributed by atoms with Crippen molar-refractivity contribution in [3.63, 3.8) is 0 Å². The molecule has 0 spiro atoms. The first-order valence-corrected chi connectivity index (χ1v) is 7.25. The van der Waals surface area contributed by atoms with Gasteiger partial charge in [0.1, 0.15) is 0 Å². The van der Waals surface area contributed by atoms with Crippen molar-refractivity contribution in [2.45, 2.75) is 26.3 Å². The fourth-order valence-corrected chi connectivity index (χ4v) is 1.91. The summed E-state index contributed by atoms with van der Waals surface area (Å²) in [4.78, 5) is 0. The Labute approximate surface area is 122 Å². The van der Waals surface area contributed by atoms with E-state index in [9.17, 15) is 0 Å². The smallest absolute Gasteiger partial charge is 0.0249 e. The summed E-state index contributed by atoms with van der Waals surface area (Å²) in [6, 6.07) is 18.6. The Morgan fingerprint density at radius 3 is 2.15 bits per heavy atom. The molecular formula is C19H21N. The van der Waals surface area contributed by atoms with E-state index in [1.165, 1.54) is 18.4 Å². The second-order valence-corrected chi connectivity index (χ2v) is 4.84. The molecule has 0 saturated heterocycles. The molecule has 102 valence electrons. The summed E-state index contributed by atoms with van der Waals surface area (Å²) in [6.45, 7) is 4.24. The van der Waals surface area contributed by atoms with E-state index in [0.29, 0.717) is 0 Å². The van der Waals surface area contributed by atoms with E-state index in [0.717, 1.165) is 24.2 Å². The lowest BCUT2D eigenvalue weighted by Crippen LogP contribution is -2.14. The summed E-state index contributed by atoms with van der Waals surface area (Å²) in [5.74, 6) is 6.37. The van der Waals surface area contributed by atoms with E-state index in [1.54, 1.807) is 0 Å². The van der Waals surface area contributed by atoms with Crippen LogP contribution >= 0.6 is 0 Å². The predicted molar refractivity (Wildman–Crippen MR) is 85.5 cm³/mol. The van der Waals surface area contributed by atoms with Gasteiger partial charge in [-0.15, -0.1) is 0 Å². The lowest BCUT2D eigenvalue weighted by molar-refractivity contribution is 0.641. The van der Waals surface area contributed by atoms with Crippen LogP contribution < -0.4 is 5.32 Å². The molecule has 1 nitrogen and oxygen atoms in total. The van der Waals surface area contributed by atoms with Gasteiger partial charge in [0, 0.05) is 17.7 Å². The minimum Gasteiger partial charge on any atom is -0.313 e. The average molecular weight is 263 g/mol. The van der Waals surface area contributed by atoms with Gasteiger partial charge in [0.15, 0.2) is 0 Å². The normalized spacial score (nSPS) is 9.85. The Kier molecular flexibility index (Phi) is 5.89. The number of hydrogen-bond donors (Lipinski definition) is 1. The molecule has 0 aliphatic rings. The molecule has 0 amide bonds. The molecule has 0 unspecified atom stereocenters. The van der Waals surface area contributed by atoms with Crippen molar-refractivity contribution in [2.75, 3.05) is 6.54 Å². The molecule has 0 saturated carbocycles. The first kappa shape index (κ1) is 14.4. The van der Waals surface area contributed by atoms with Crippen molar-refractivity contribution in [1.82, 2.24) is 5.32 Å². The average Bonchev–Trinajstić information content (AvgIpc) is 2.52. The van der Waals surface area contributed by atoms with E-state index < -0.39 is 0 Å². The van der Waals surface area contributed by atoms with Crippen LogP contribution in [0, 0.1) is 11.8 Å². The van der Waals surface area contributed by atoms with E-state index in [-0.39, 0.29) is 0 Å². The van der Waals surface area contributed by atoms with Crippen molar-refractivity contribution < 1.29 is 0 Å². The quantitative estimate of drug-likeness (QED) is 0.635. The number of nitrogens with one attached hydrogen (secondary N) is 1. The third-order valence-corrected chi connectivity index (χ3v) is 3.12. The summed E-state index contributed by atoms with van der Waals surface area (Å²) < 4.78 is 0. The molecular weight excluding hydrogens is 242 g/mol. The summed E-state index contributed by atoms with van der Waals surface area (Å²) in [6.07, 6.45) is 2.47. The maximum absolute atomic E-state index is 3.44. The van der Waals surface area contributed by atoms with E-state index >= 15 is 0 Å². The second-order valence-electron chi connectivity index (χ2n) is 4.84. The molecule has 0 aliphatic heterocycles. The van der Waals surface area contributed by atoms with Gasteiger partial charge in [0.2, 0.25) is 0 Å². The zero-order valence-electron chi connectivity index (χ0n) is 12.0. The minimum atomic E-state index is 0.937. The lowest BCUT2D eigenvalue weighted by Gasteiger charge is -2.03. The lowest BCUT2D eigenvalue weighted by atomic mass is 10.1. The van der Waals surface area contributed by atoms with Crippen LogP contribution in [0.2, 0.25) is 0 Å². The molecule has 0 bridgehead atoms. The van der Waals surface area contributed by atoms with E-state index in [2.05, 4.69) is 48.3 Å². The number of unbranched alkanes of at least 4 members (excludes halogenated alkanes) is 1. The molecule has 0 atom stereocenters. The SMILES string of the molecule is CCCCNCc1ccc(C#Cc2ccccc2)cc1. The molecule has 0 fully saturated rings. The molecule has 2 aromatic rings. The standard InChI is InChI=1S/C19H21N/c1-2-3-15-20-16-19-13-11-18(12-14-19)10-9-17-7-5-4-6-8-17/h4-8,11-14,20H,2-3,15-16H2,1H3. The molecule has 2 aromatic carbocycles. The van der Waals surface area contributed by atoms with Crippen LogP contribution in [0.15, 0.2) is 54.6 Å². The van der Waals surface area contributed by atoms with Gasteiger partial charge in [-0.2, -0.15) is 0 Å². The Balaban J connectivity index is 1.90. The Hall–Kier alpha value is -2.04. The first-order valence-electron chi connectivity index (χ1n) is 7.25. The summed E-state index contributed by atoms with van der Waals surface area (Å²) in [5.41, 5.74) is 3.43. The van der Waals surface area contributed by atoms with Gasteiger partial charge in [-0.1, -0.05) is 55.5 Å². The van der Waals surface area contributed by atoms with Gasteiger partial charge >= 0.3 is 0 Å². The van der Waals surface area contributed by atoms with Gasteiger partial charge in [-0.25, -0.2) is 0 Å². The highest BCUT2D eigenvalue weighted by Gasteiger charge is 1.93. The highest BCUT2D eigenvalue weighted by molar-refractivity contribution is 5.43. The van der Waals surface area contributed by atoms with Crippen molar-refractivity contribution >= 4 is 0 Å². The maximum atomic E-state index is 3.44. The zero-order valence-corrected chi connectivity index (χ0v) is 12.0. The molecule has 0 aromatic heterocycles. The fourth-order valence-electron chi connectivity index (χ4n) is 1.91. The Bertz CT molecular complexity index is 558. The molecule has 1 N–H and O–H groups in total. The molecule has 0 aliphatic carbocycles. The van der Waals surface area contributed by atoms with Crippen LogP contribution in [0.1, 0.15) is 36.5 Å². The summed E-state index contributed by atoms with van der Waals surface area (Å²) in [5, 5.41) is 3.44. The van der Waals surface area contributed by atoms with Crippen LogP contribution in [-0.4, -0.2) is 6.54 Å². The molecule has 20 heavy (non-hydrogen) atoms. The second kappa shape index (κ2) is 8.19. The Morgan fingerprint density at radius 2 is 1.50 bits per heavy atom. The summed E-state index contributed by atoms with van der Waals surface area (Å²) >= 11 is 0.